The van der Waals surface area contributed by atoms with Crippen molar-refractivity contribution in [2.24, 2.45) is 7.05 Å². The second-order valence-electron chi connectivity index (χ2n) is 4.58. The summed E-state index contributed by atoms with van der Waals surface area (Å²) in [6, 6.07) is 1.75. The lowest BCUT2D eigenvalue weighted by Crippen LogP contribution is -2.26. The number of aromatic nitrogens is 4. The SMILES string of the molecule is Cn1nccc1CCNS(=O)(=O)c1cnn(CC(F)(F)F)c1. The van der Waals surface area contributed by atoms with Crippen molar-refractivity contribution in [2.75, 3.05) is 6.54 Å². The predicted molar refractivity (Wildman–Crippen MR) is 70.4 cm³/mol. The van der Waals surface area contributed by atoms with Gasteiger partial charge >= 0.3 is 6.18 Å². The minimum absolute atomic E-state index is 0.103. The van der Waals surface area contributed by atoms with Crippen LogP contribution in [0.4, 0.5) is 13.2 Å². The molecule has 0 atom stereocenters. The molecule has 0 aliphatic heterocycles. The first-order chi connectivity index (χ1) is 10.2. The molecular formula is C11H14F3N5O2S. The van der Waals surface area contributed by atoms with Gasteiger partial charge in [0, 0.05) is 38.1 Å². The van der Waals surface area contributed by atoms with Gasteiger partial charge in [-0.3, -0.25) is 9.36 Å². The van der Waals surface area contributed by atoms with Crippen LogP contribution >= 0.6 is 0 Å². The number of hydrogen-bond donors (Lipinski definition) is 1. The van der Waals surface area contributed by atoms with Crippen LogP contribution in [0.3, 0.4) is 0 Å². The summed E-state index contributed by atoms with van der Waals surface area (Å²) >= 11 is 0. The summed E-state index contributed by atoms with van der Waals surface area (Å²) in [6.45, 7) is -1.23. The second-order valence-corrected chi connectivity index (χ2v) is 6.35. The Balaban J connectivity index is 1.97. The molecule has 2 heterocycles. The van der Waals surface area contributed by atoms with Crippen LogP contribution < -0.4 is 4.72 Å². The maximum absolute atomic E-state index is 12.2. The van der Waals surface area contributed by atoms with Gasteiger partial charge in [0.1, 0.15) is 11.4 Å². The maximum atomic E-state index is 12.2. The van der Waals surface area contributed by atoms with Crippen LogP contribution in [0.15, 0.2) is 29.6 Å². The lowest BCUT2D eigenvalue weighted by molar-refractivity contribution is -0.142. The highest BCUT2D eigenvalue weighted by Gasteiger charge is 2.29. The van der Waals surface area contributed by atoms with Crippen LogP contribution in [0.25, 0.3) is 0 Å². The Bertz CT molecular complexity index is 735. The van der Waals surface area contributed by atoms with E-state index >= 15 is 0 Å². The van der Waals surface area contributed by atoms with E-state index in [0.717, 1.165) is 18.1 Å². The maximum Gasteiger partial charge on any atom is 0.408 e. The molecule has 2 aromatic heterocycles. The fourth-order valence-corrected chi connectivity index (χ4v) is 2.78. The Labute approximate surface area is 124 Å². The Hall–Kier alpha value is -1.88. The van der Waals surface area contributed by atoms with Crippen molar-refractivity contribution in [1.82, 2.24) is 24.3 Å². The third-order valence-corrected chi connectivity index (χ3v) is 4.27. The van der Waals surface area contributed by atoms with Crippen molar-refractivity contribution in [3.63, 3.8) is 0 Å². The first kappa shape index (κ1) is 16.5. The van der Waals surface area contributed by atoms with E-state index in [-0.39, 0.29) is 11.4 Å². The molecule has 11 heteroatoms. The number of nitrogens with zero attached hydrogens (tertiary/aromatic N) is 4. The van der Waals surface area contributed by atoms with Crippen molar-refractivity contribution in [3.8, 4) is 0 Å². The van der Waals surface area contributed by atoms with E-state index in [4.69, 9.17) is 0 Å². The highest BCUT2D eigenvalue weighted by molar-refractivity contribution is 7.89. The molecule has 2 rings (SSSR count). The van der Waals surface area contributed by atoms with E-state index in [0.29, 0.717) is 11.1 Å². The zero-order valence-corrected chi connectivity index (χ0v) is 12.4. The number of nitrogens with one attached hydrogen (secondary N) is 1. The van der Waals surface area contributed by atoms with Crippen molar-refractivity contribution < 1.29 is 21.6 Å². The van der Waals surface area contributed by atoms with Gasteiger partial charge in [0.25, 0.3) is 0 Å². The second kappa shape index (κ2) is 6.08. The molecule has 0 aromatic carbocycles. The summed E-state index contributed by atoms with van der Waals surface area (Å²) in [5.41, 5.74) is 0.829. The summed E-state index contributed by atoms with van der Waals surface area (Å²) in [6.07, 6.45) is -0.727. The van der Waals surface area contributed by atoms with Crippen LogP contribution in [-0.4, -0.2) is 40.7 Å². The summed E-state index contributed by atoms with van der Waals surface area (Å²) in [7, 11) is -2.16. The molecule has 0 unspecified atom stereocenters. The Morgan fingerprint density at radius 3 is 2.64 bits per heavy atom. The molecule has 0 spiro atoms. The normalized spacial score (nSPS) is 12.7. The van der Waals surface area contributed by atoms with Gasteiger partial charge in [-0.2, -0.15) is 23.4 Å². The molecule has 0 radical (unpaired) electrons. The average Bonchev–Trinajstić information content (AvgIpc) is 2.97. The van der Waals surface area contributed by atoms with Crippen LogP contribution in [0, 0.1) is 0 Å². The largest absolute Gasteiger partial charge is 0.408 e. The third-order valence-electron chi connectivity index (χ3n) is 2.86. The molecule has 122 valence electrons. The number of alkyl halides is 3. The van der Waals surface area contributed by atoms with Crippen molar-refractivity contribution >= 4 is 10.0 Å². The molecular weight excluding hydrogens is 323 g/mol. The lowest BCUT2D eigenvalue weighted by atomic mass is 10.3. The van der Waals surface area contributed by atoms with E-state index in [1.165, 1.54) is 0 Å². The number of hydrogen-bond acceptors (Lipinski definition) is 4. The zero-order valence-electron chi connectivity index (χ0n) is 11.6. The minimum atomic E-state index is -4.46. The predicted octanol–water partition coefficient (Wildman–Crippen LogP) is 0.700. The summed E-state index contributed by atoms with van der Waals surface area (Å²) in [5.74, 6) is 0. The van der Waals surface area contributed by atoms with Crippen LogP contribution in [0.2, 0.25) is 0 Å². The Kier molecular flexibility index (Phi) is 4.56. The molecule has 0 fully saturated rings. The first-order valence-corrected chi connectivity index (χ1v) is 7.71. The summed E-state index contributed by atoms with van der Waals surface area (Å²) < 4.78 is 65.0. The van der Waals surface area contributed by atoms with E-state index in [2.05, 4.69) is 14.9 Å². The van der Waals surface area contributed by atoms with Crippen LogP contribution in [-0.2, 0) is 30.0 Å². The van der Waals surface area contributed by atoms with E-state index in [9.17, 15) is 21.6 Å². The molecule has 0 bridgehead atoms. The number of halogens is 3. The monoisotopic (exact) mass is 337 g/mol. The van der Waals surface area contributed by atoms with Crippen molar-refractivity contribution in [1.29, 1.82) is 0 Å². The topological polar surface area (TPSA) is 81.8 Å². The fourth-order valence-electron chi connectivity index (χ4n) is 1.80. The molecule has 2 aromatic rings. The minimum Gasteiger partial charge on any atom is -0.273 e. The fraction of sp³-hybridized carbons (Fsp3) is 0.455. The molecule has 22 heavy (non-hydrogen) atoms. The molecule has 0 aliphatic rings. The first-order valence-electron chi connectivity index (χ1n) is 6.23. The zero-order chi connectivity index (χ0) is 16.4. The van der Waals surface area contributed by atoms with Gasteiger partial charge in [0.15, 0.2) is 0 Å². The molecule has 7 nitrogen and oxygen atoms in total. The average molecular weight is 337 g/mol. The van der Waals surface area contributed by atoms with Gasteiger partial charge < -0.3 is 0 Å². The van der Waals surface area contributed by atoms with Crippen LogP contribution in [0.1, 0.15) is 5.69 Å². The quantitative estimate of drug-likeness (QED) is 0.841. The van der Waals surface area contributed by atoms with Gasteiger partial charge in [-0.1, -0.05) is 0 Å². The number of aryl methyl sites for hydroxylation is 1. The third kappa shape index (κ3) is 4.31. The summed E-state index contributed by atoms with van der Waals surface area (Å²) in [4.78, 5) is -0.304. The standard InChI is InChI=1S/C11H14F3N5O2S/c1-18-9(2-4-15-18)3-5-17-22(20,21)10-6-16-19(7-10)8-11(12,13)14/h2,4,6-7,17H,3,5,8H2,1H3. The lowest BCUT2D eigenvalue weighted by Gasteiger charge is -2.06. The van der Waals surface area contributed by atoms with Gasteiger partial charge in [-0.25, -0.2) is 13.1 Å². The van der Waals surface area contributed by atoms with E-state index in [1.54, 1.807) is 24.0 Å². The van der Waals surface area contributed by atoms with E-state index in [1.807, 2.05) is 0 Å². The Morgan fingerprint density at radius 2 is 2.05 bits per heavy atom. The molecule has 0 amide bonds. The van der Waals surface area contributed by atoms with Gasteiger partial charge in [0.05, 0.1) is 6.20 Å². The van der Waals surface area contributed by atoms with Gasteiger partial charge in [-0.05, 0) is 6.07 Å². The number of rotatable bonds is 6. The van der Waals surface area contributed by atoms with Gasteiger partial charge in [-0.15, -0.1) is 0 Å². The molecule has 0 aliphatic carbocycles. The van der Waals surface area contributed by atoms with E-state index < -0.39 is 22.7 Å². The smallest absolute Gasteiger partial charge is 0.273 e. The Morgan fingerprint density at radius 1 is 1.32 bits per heavy atom. The number of sulfonamides is 1. The molecule has 1 N–H and O–H groups in total. The highest BCUT2D eigenvalue weighted by atomic mass is 32.2. The van der Waals surface area contributed by atoms with Crippen molar-refractivity contribution in [2.45, 2.75) is 24.0 Å². The van der Waals surface area contributed by atoms with Crippen LogP contribution in [0.5, 0.6) is 0 Å². The van der Waals surface area contributed by atoms with Crippen molar-refractivity contribution in [3.05, 3.63) is 30.4 Å². The summed E-state index contributed by atoms with van der Waals surface area (Å²) in [5, 5.41) is 7.35. The highest BCUT2D eigenvalue weighted by Crippen LogP contribution is 2.18. The molecule has 0 saturated heterocycles. The van der Waals surface area contributed by atoms with Gasteiger partial charge in [0.2, 0.25) is 10.0 Å². The molecule has 0 saturated carbocycles.